The first-order chi connectivity index (χ1) is 10.7. The molecule has 0 aliphatic heterocycles. The minimum Gasteiger partial charge on any atom is -0.392 e. The van der Waals surface area contributed by atoms with Crippen molar-refractivity contribution < 1.29 is 14.3 Å². The zero-order chi connectivity index (χ0) is 16.6. The SMILES string of the molecule is CC1(C)CCC2=C1C[C@H](O)[C@@H]1[C@@]3(C)CCC(=O)C=C3CC[C@@]21F. The number of aliphatic hydroxyl groups excluding tert-OH is 1. The number of alkyl halides is 1. The smallest absolute Gasteiger partial charge is 0.155 e. The van der Waals surface area contributed by atoms with Crippen LogP contribution in [0, 0.1) is 16.7 Å². The van der Waals surface area contributed by atoms with Crippen LogP contribution in [-0.4, -0.2) is 22.7 Å². The lowest BCUT2D eigenvalue weighted by Crippen LogP contribution is -2.57. The summed E-state index contributed by atoms with van der Waals surface area (Å²) in [5.74, 6) is -0.230. The van der Waals surface area contributed by atoms with Crippen molar-refractivity contribution in [2.75, 3.05) is 0 Å². The Bertz CT molecular complexity index is 644. The van der Waals surface area contributed by atoms with E-state index in [2.05, 4.69) is 20.8 Å². The molecule has 0 amide bonds. The predicted octanol–water partition coefficient (Wildman–Crippen LogP) is 4.28. The zero-order valence-corrected chi connectivity index (χ0v) is 14.4. The van der Waals surface area contributed by atoms with Gasteiger partial charge in [-0.3, -0.25) is 4.79 Å². The molecule has 23 heavy (non-hydrogen) atoms. The Balaban J connectivity index is 1.85. The van der Waals surface area contributed by atoms with E-state index in [9.17, 15) is 9.90 Å². The van der Waals surface area contributed by atoms with Crippen LogP contribution in [0.5, 0.6) is 0 Å². The molecule has 4 atom stereocenters. The van der Waals surface area contributed by atoms with Gasteiger partial charge >= 0.3 is 0 Å². The summed E-state index contributed by atoms with van der Waals surface area (Å²) < 4.78 is 16.3. The maximum Gasteiger partial charge on any atom is 0.155 e. The van der Waals surface area contributed by atoms with Gasteiger partial charge in [0.1, 0.15) is 5.67 Å². The molecule has 0 saturated heterocycles. The molecule has 0 aromatic rings. The second-order valence-electron chi connectivity index (χ2n) is 9.01. The average Bonchev–Trinajstić information content (AvgIpc) is 2.76. The van der Waals surface area contributed by atoms with E-state index in [4.69, 9.17) is 0 Å². The lowest BCUT2D eigenvalue weighted by Gasteiger charge is -2.57. The fraction of sp³-hybridized carbons (Fsp3) is 0.750. The summed E-state index contributed by atoms with van der Waals surface area (Å²) >= 11 is 0. The van der Waals surface area contributed by atoms with Gasteiger partial charge in [0.15, 0.2) is 5.78 Å². The molecule has 1 fully saturated rings. The first-order valence-corrected chi connectivity index (χ1v) is 9.02. The lowest BCUT2D eigenvalue weighted by atomic mass is 9.50. The van der Waals surface area contributed by atoms with Crippen LogP contribution >= 0.6 is 0 Å². The molecule has 1 N–H and O–H groups in total. The molecule has 3 heteroatoms. The van der Waals surface area contributed by atoms with Gasteiger partial charge in [-0.15, -0.1) is 0 Å². The van der Waals surface area contributed by atoms with Gasteiger partial charge < -0.3 is 5.11 Å². The number of halogens is 1. The Labute approximate surface area is 137 Å². The van der Waals surface area contributed by atoms with Crippen molar-refractivity contribution in [3.8, 4) is 0 Å². The fourth-order valence-electron chi connectivity index (χ4n) is 6.07. The number of allylic oxidation sites excluding steroid dienone is 3. The van der Waals surface area contributed by atoms with E-state index in [-0.39, 0.29) is 16.6 Å². The maximum atomic E-state index is 16.3. The summed E-state index contributed by atoms with van der Waals surface area (Å²) in [7, 11) is 0. The number of carbonyl (C=O) groups excluding carboxylic acids is 1. The van der Waals surface area contributed by atoms with Gasteiger partial charge in [-0.25, -0.2) is 4.39 Å². The molecule has 126 valence electrons. The number of hydrogen-bond donors (Lipinski definition) is 1. The molecule has 2 nitrogen and oxygen atoms in total. The van der Waals surface area contributed by atoms with Crippen LogP contribution in [0.1, 0.15) is 65.7 Å². The standard InChI is InChI=1S/C20H27FO2/c1-18(2)7-6-14-15(18)11-16(23)17-19(3)8-5-13(22)10-12(19)4-9-20(14,17)21/h10,16-17,23H,4-9,11H2,1-3H3/t16-,17+,19-,20+/m0/s1. The number of rotatable bonds is 0. The van der Waals surface area contributed by atoms with E-state index in [0.29, 0.717) is 32.1 Å². The van der Waals surface area contributed by atoms with Gasteiger partial charge in [0.25, 0.3) is 0 Å². The topological polar surface area (TPSA) is 37.3 Å². The molecule has 4 rings (SSSR count). The van der Waals surface area contributed by atoms with E-state index in [0.717, 1.165) is 24.0 Å². The predicted molar refractivity (Wildman–Crippen MR) is 87.7 cm³/mol. The van der Waals surface area contributed by atoms with Crippen LogP contribution in [0.15, 0.2) is 22.8 Å². The minimum absolute atomic E-state index is 0.0138. The second-order valence-corrected chi connectivity index (χ2v) is 9.01. The molecule has 1 saturated carbocycles. The molecular formula is C20H27FO2. The average molecular weight is 318 g/mol. The third-order valence-corrected chi connectivity index (χ3v) is 7.38. The van der Waals surface area contributed by atoms with Crippen LogP contribution in [0.4, 0.5) is 4.39 Å². The van der Waals surface area contributed by atoms with E-state index >= 15 is 4.39 Å². The third-order valence-electron chi connectivity index (χ3n) is 7.38. The summed E-state index contributed by atoms with van der Waals surface area (Å²) in [5.41, 5.74) is 1.51. The van der Waals surface area contributed by atoms with Crippen molar-refractivity contribution in [1.29, 1.82) is 0 Å². The molecule has 0 bridgehead atoms. The van der Waals surface area contributed by atoms with Crippen molar-refractivity contribution in [2.24, 2.45) is 16.7 Å². The van der Waals surface area contributed by atoms with Gasteiger partial charge in [-0.1, -0.05) is 31.9 Å². The summed E-state index contributed by atoms with van der Waals surface area (Å²) in [5, 5.41) is 10.9. The van der Waals surface area contributed by atoms with Crippen LogP contribution in [0.25, 0.3) is 0 Å². The first-order valence-electron chi connectivity index (χ1n) is 9.02. The van der Waals surface area contributed by atoms with Crippen molar-refractivity contribution in [2.45, 2.75) is 77.5 Å². The Kier molecular flexibility index (Phi) is 3.09. The van der Waals surface area contributed by atoms with Gasteiger partial charge in [-0.05, 0) is 61.0 Å². The first kappa shape index (κ1) is 15.6. The quantitative estimate of drug-likeness (QED) is 0.677. The summed E-state index contributed by atoms with van der Waals surface area (Å²) in [6.45, 7) is 6.44. The van der Waals surface area contributed by atoms with Gasteiger partial charge in [0.2, 0.25) is 0 Å². The fourth-order valence-corrected chi connectivity index (χ4v) is 6.07. The molecule has 0 spiro atoms. The maximum absolute atomic E-state index is 16.3. The molecule has 0 aromatic heterocycles. The highest BCUT2D eigenvalue weighted by Crippen LogP contribution is 2.65. The lowest BCUT2D eigenvalue weighted by molar-refractivity contribution is -0.120. The van der Waals surface area contributed by atoms with Crippen molar-refractivity contribution in [3.63, 3.8) is 0 Å². The van der Waals surface area contributed by atoms with Crippen LogP contribution in [-0.2, 0) is 4.79 Å². The number of fused-ring (bicyclic) bond motifs is 4. The van der Waals surface area contributed by atoms with E-state index in [1.807, 2.05) is 0 Å². The summed E-state index contributed by atoms with van der Waals surface area (Å²) in [4.78, 5) is 11.8. The number of aliphatic hydroxyl groups is 1. The van der Waals surface area contributed by atoms with E-state index < -0.39 is 17.7 Å². The Morgan fingerprint density at radius 2 is 1.83 bits per heavy atom. The summed E-state index contributed by atoms with van der Waals surface area (Å²) in [6, 6.07) is 0. The van der Waals surface area contributed by atoms with Crippen LogP contribution in [0.3, 0.4) is 0 Å². The van der Waals surface area contributed by atoms with E-state index in [1.165, 1.54) is 5.57 Å². The third kappa shape index (κ3) is 1.92. The van der Waals surface area contributed by atoms with Crippen molar-refractivity contribution >= 4 is 5.78 Å². The van der Waals surface area contributed by atoms with Gasteiger partial charge in [0.05, 0.1) is 6.10 Å². The highest BCUT2D eigenvalue weighted by Gasteiger charge is 2.63. The normalized spacial score (nSPS) is 45.3. The molecule has 0 unspecified atom stereocenters. The highest BCUT2D eigenvalue weighted by atomic mass is 19.1. The molecule has 0 aromatic carbocycles. The van der Waals surface area contributed by atoms with E-state index in [1.54, 1.807) is 6.08 Å². The Morgan fingerprint density at radius 3 is 2.57 bits per heavy atom. The van der Waals surface area contributed by atoms with Crippen molar-refractivity contribution in [3.05, 3.63) is 22.8 Å². The number of hydrogen-bond acceptors (Lipinski definition) is 2. The largest absolute Gasteiger partial charge is 0.392 e. The minimum atomic E-state index is -1.38. The Hall–Kier alpha value is -0.960. The number of ketones is 1. The van der Waals surface area contributed by atoms with Gasteiger partial charge in [0, 0.05) is 12.3 Å². The molecule has 0 heterocycles. The van der Waals surface area contributed by atoms with Crippen LogP contribution in [0.2, 0.25) is 0 Å². The highest BCUT2D eigenvalue weighted by molar-refractivity contribution is 5.91. The summed E-state index contributed by atoms with van der Waals surface area (Å²) in [6.07, 6.45) is 5.77. The Morgan fingerprint density at radius 1 is 1.09 bits per heavy atom. The second kappa shape index (κ2) is 4.56. The molecule has 4 aliphatic rings. The van der Waals surface area contributed by atoms with Crippen LogP contribution < -0.4 is 0 Å². The molecular weight excluding hydrogens is 291 g/mol. The monoisotopic (exact) mass is 318 g/mol. The van der Waals surface area contributed by atoms with Gasteiger partial charge in [-0.2, -0.15) is 0 Å². The number of carbonyl (C=O) groups is 1. The zero-order valence-electron chi connectivity index (χ0n) is 14.4. The molecule has 4 aliphatic carbocycles. The molecule has 0 radical (unpaired) electrons. The van der Waals surface area contributed by atoms with Crippen molar-refractivity contribution in [1.82, 2.24) is 0 Å².